The summed E-state index contributed by atoms with van der Waals surface area (Å²) in [5.74, 6) is 1.19. The number of halogens is 3. The first-order chi connectivity index (χ1) is 20.6. The first-order valence-corrected chi connectivity index (χ1v) is 14.3. The number of alkyl halides is 3. The number of rotatable bonds is 6. The normalized spacial score (nSPS) is 22.9. The third-order valence-electron chi connectivity index (χ3n) is 8.46. The number of hydrogen-bond acceptors (Lipinski definition) is 7. The van der Waals surface area contributed by atoms with Crippen LogP contribution in [0.25, 0.3) is 0 Å². The number of carbonyl (C=O) groups excluding carboxylic acids is 2. The van der Waals surface area contributed by atoms with Crippen LogP contribution in [0.4, 0.5) is 19.0 Å². The van der Waals surface area contributed by atoms with Gasteiger partial charge in [-0.3, -0.25) is 9.59 Å². The number of piperidine rings is 1. The Hall–Kier alpha value is -4.32. The highest BCUT2D eigenvalue weighted by atomic mass is 19.4. The lowest BCUT2D eigenvalue weighted by Crippen LogP contribution is -2.36. The Morgan fingerprint density at radius 2 is 1.91 bits per heavy atom. The Morgan fingerprint density at radius 3 is 2.70 bits per heavy atom. The minimum atomic E-state index is -4.68. The van der Waals surface area contributed by atoms with Gasteiger partial charge in [0.2, 0.25) is 5.91 Å². The van der Waals surface area contributed by atoms with Gasteiger partial charge in [0, 0.05) is 42.4 Å². The molecule has 2 N–H and O–H groups in total. The van der Waals surface area contributed by atoms with Crippen molar-refractivity contribution in [3.05, 3.63) is 70.9 Å². The molecular weight excluding hydrogens is 565 g/mol. The highest BCUT2D eigenvalue weighted by molar-refractivity contribution is 5.95. The van der Waals surface area contributed by atoms with E-state index < -0.39 is 17.6 Å². The molecule has 224 valence electrons. The molecule has 4 heterocycles. The fourth-order valence-corrected chi connectivity index (χ4v) is 6.07. The summed E-state index contributed by atoms with van der Waals surface area (Å²) in [6, 6.07) is 10.2. The van der Waals surface area contributed by atoms with Crippen molar-refractivity contribution < 1.29 is 37.0 Å². The number of aromatic nitrogens is 1. The van der Waals surface area contributed by atoms with Crippen LogP contribution in [0.3, 0.4) is 0 Å². The number of anilines is 1. The van der Waals surface area contributed by atoms with Crippen molar-refractivity contribution in [3.8, 4) is 23.0 Å². The number of ether oxygens (including phenoxy) is 3. The average Bonchev–Trinajstić information content (AvgIpc) is 3.49. The van der Waals surface area contributed by atoms with Crippen molar-refractivity contribution in [2.75, 3.05) is 25.5 Å². The molecule has 1 saturated heterocycles. The van der Waals surface area contributed by atoms with E-state index in [1.807, 2.05) is 13.1 Å². The van der Waals surface area contributed by atoms with Crippen LogP contribution in [0, 0.1) is 0 Å². The number of benzene rings is 2. The molecule has 12 heteroatoms. The Morgan fingerprint density at radius 1 is 1.09 bits per heavy atom. The summed E-state index contributed by atoms with van der Waals surface area (Å²) in [5, 5.41) is 5.60. The smallest absolute Gasteiger partial charge is 0.419 e. The lowest BCUT2D eigenvalue weighted by Gasteiger charge is -2.30. The van der Waals surface area contributed by atoms with E-state index in [1.165, 1.54) is 12.1 Å². The molecule has 1 aliphatic carbocycles. The minimum Gasteiger partial charge on any atom is -0.490 e. The number of amides is 2. The third kappa shape index (κ3) is 5.35. The van der Waals surface area contributed by atoms with Gasteiger partial charge in [-0.1, -0.05) is 0 Å². The largest absolute Gasteiger partial charge is 0.490 e. The van der Waals surface area contributed by atoms with Crippen molar-refractivity contribution in [2.24, 2.45) is 0 Å². The Bertz CT molecular complexity index is 1600. The summed E-state index contributed by atoms with van der Waals surface area (Å²) in [6.45, 7) is 1.50. The maximum Gasteiger partial charge on any atom is 0.419 e. The molecule has 7 rings (SSSR count). The van der Waals surface area contributed by atoms with Gasteiger partial charge in [0.15, 0.2) is 0 Å². The zero-order valence-corrected chi connectivity index (χ0v) is 23.2. The predicted octanol–water partition coefficient (Wildman–Crippen LogP) is 4.91. The summed E-state index contributed by atoms with van der Waals surface area (Å²) < 4.78 is 59.8. The van der Waals surface area contributed by atoms with E-state index in [4.69, 9.17) is 14.2 Å². The van der Waals surface area contributed by atoms with Crippen LogP contribution in [0.5, 0.6) is 23.0 Å². The van der Waals surface area contributed by atoms with Gasteiger partial charge in [-0.25, -0.2) is 4.98 Å². The first kappa shape index (κ1) is 27.5. The summed E-state index contributed by atoms with van der Waals surface area (Å²) in [6.07, 6.45) is -1.60. The summed E-state index contributed by atoms with van der Waals surface area (Å²) in [5.41, 5.74) is 0.604. The molecular formula is C31H29F3N4O5. The van der Waals surface area contributed by atoms with E-state index in [-0.39, 0.29) is 41.4 Å². The zero-order chi connectivity index (χ0) is 29.9. The molecule has 3 aliphatic heterocycles. The monoisotopic (exact) mass is 594 g/mol. The van der Waals surface area contributed by atoms with Crippen LogP contribution in [0.1, 0.15) is 52.2 Å². The molecule has 9 nitrogen and oxygen atoms in total. The van der Waals surface area contributed by atoms with E-state index in [0.717, 1.165) is 30.3 Å². The van der Waals surface area contributed by atoms with Crippen LogP contribution in [0.2, 0.25) is 0 Å². The molecule has 4 aliphatic rings. The molecule has 0 spiro atoms. The summed E-state index contributed by atoms with van der Waals surface area (Å²) >= 11 is 0. The summed E-state index contributed by atoms with van der Waals surface area (Å²) in [4.78, 5) is 31.1. The van der Waals surface area contributed by atoms with E-state index >= 15 is 0 Å². The lowest BCUT2D eigenvalue weighted by molar-refractivity contribution is -0.139. The molecule has 2 amide bonds. The second-order valence-corrected chi connectivity index (χ2v) is 11.4. The maximum absolute atomic E-state index is 14.0. The fraction of sp³-hybridized carbons (Fsp3) is 0.387. The van der Waals surface area contributed by atoms with Crippen molar-refractivity contribution >= 4 is 17.6 Å². The zero-order valence-electron chi connectivity index (χ0n) is 23.2. The highest BCUT2D eigenvalue weighted by Gasteiger charge is 2.59. The summed E-state index contributed by atoms with van der Waals surface area (Å²) in [7, 11) is 1.96. The molecule has 43 heavy (non-hydrogen) atoms. The molecule has 2 aromatic carbocycles. The molecule has 0 unspecified atom stereocenters. The van der Waals surface area contributed by atoms with Crippen molar-refractivity contribution in [2.45, 2.75) is 56.0 Å². The van der Waals surface area contributed by atoms with E-state index in [2.05, 4.69) is 20.5 Å². The van der Waals surface area contributed by atoms with Gasteiger partial charge >= 0.3 is 6.18 Å². The minimum absolute atomic E-state index is 0.0914. The number of pyridine rings is 1. The molecule has 0 radical (unpaired) electrons. The number of carbonyl (C=O) groups is 2. The molecule has 3 aromatic rings. The van der Waals surface area contributed by atoms with Gasteiger partial charge in [0.1, 0.15) is 41.0 Å². The number of hydrogen-bond donors (Lipinski definition) is 2. The van der Waals surface area contributed by atoms with Crippen LogP contribution in [-0.4, -0.2) is 60.1 Å². The van der Waals surface area contributed by atoms with Crippen LogP contribution < -0.4 is 24.8 Å². The highest BCUT2D eigenvalue weighted by Crippen LogP contribution is 2.55. The quantitative estimate of drug-likeness (QED) is 0.418. The molecule has 1 aromatic heterocycles. The lowest BCUT2D eigenvalue weighted by atomic mass is 10.1. The van der Waals surface area contributed by atoms with Crippen molar-refractivity contribution in [3.63, 3.8) is 0 Å². The Labute approximate surface area is 245 Å². The van der Waals surface area contributed by atoms with Gasteiger partial charge in [-0.2, -0.15) is 13.2 Å². The Balaban J connectivity index is 1.04. The van der Waals surface area contributed by atoms with E-state index in [0.29, 0.717) is 48.7 Å². The molecule has 1 saturated carbocycles. The first-order valence-electron chi connectivity index (χ1n) is 14.3. The molecule has 0 bridgehead atoms. The van der Waals surface area contributed by atoms with Crippen LogP contribution >= 0.6 is 0 Å². The van der Waals surface area contributed by atoms with Crippen LogP contribution in [0.15, 0.2) is 48.7 Å². The van der Waals surface area contributed by atoms with Gasteiger partial charge in [-0.15, -0.1) is 0 Å². The predicted molar refractivity (Wildman–Crippen MR) is 149 cm³/mol. The van der Waals surface area contributed by atoms with E-state index in [1.54, 1.807) is 24.4 Å². The maximum atomic E-state index is 14.0. The third-order valence-corrected chi connectivity index (χ3v) is 8.46. The SMILES string of the molecule is CN1CCC(Oc2ccc(C(=O)N[C@H]3[C@H]4Oc5ccc(Oc6ccnc7c6CCC(=O)N7)cc5[C@@H]34)cc2C(F)(F)F)CC1. The number of fused-ring (bicyclic) bond motifs is 4. The van der Waals surface area contributed by atoms with Gasteiger partial charge in [0.05, 0.1) is 17.5 Å². The molecule has 2 fully saturated rings. The van der Waals surface area contributed by atoms with Crippen molar-refractivity contribution in [1.29, 1.82) is 0 Å². The standard InChI is InChI=1S/C31H29F3N4O5/c1-38-12-9-17(10-13-38)41-24-5-2-16(14-21(24)31(32,33)34)30(40)37-27-26-20-15-18(3-6-22(20)43-28(26)27)42-23-8-11-35-29-19(23)4-7-25(39)36-29/h2-3,5-6,8,11,14-15,17,26-28H,4,7,9-10,12-13H2,1H3,(H,37,40)(H,35,36,39)/t26-,27+,28-/m0/s1. The fourth-order valence-electron chi connectivity index (χ4n) is 6.07. The Kier molecular flexibility index (Phi) is 6.68. The van der Waals surface area contributed by atoms with Gasteiger partial charge in [-0.05, 0) is 68.8 Å². The van der Waals surface area contributed by atoms with Gasteiger partial charge in [0.25, 0.3) is 5.91 Å². The number of nitrogens with one attached hydrogen (secondary N) is 2. The molecule has 3 atom stereocenters. The van der Waals surface area contributed by atoms with Gasteiger partial charge < -0.3 is 29.7 Å². The topological polar surface area (TPSA) is 102 Å². The average molecular weight is 595 g/mol. The second kappa shape index (κ2) is 10.4. The van der Waals surface area contributed by atoms with Crippen molar-refractivity contribution in [1.82, 2.24) is 15.2 Å². The number of nitrogens with zero attached hydrogens (tertiary/aromatic N) is 2. The van der Waals surface area contributed by atoms with E-state index in [9.17, 15) is 22.8 Å². The number of likely N-dealkylation sites (tertiary alicyclic amines) is 1. The second-order valence-electron chi connectivity index (χ2n) is 11.4. The van der Waals surface area contributed by atoms with Crippen LogP contribution in [-0.2, 0) is 17.4 Å².